The maximum atomic E-state index is 4.48. The van der Waals surface area contributed by atoms with Crippen LogP contribution in [0.4, 0.5) is 0 Å². The van der Waals surface area contributed by atoms with Crippen molar-refractivity contribution in [3.8, 4) is 11.3 Å². The summed E-state index contributed by atoms with van der Waals surface area (Å²) in [5.41, 5.74) is 2.36. The van der Waals surface area contributed by atoms with Crippen LogP contribution in [0.1, 0.15) is 31.1 Å². The van der Waals surface area contributed by atoms with Gasteiger partial charge in [-0.05, 0) is 30.8 Å². The SMILES string of the molecule is c1cc(-c2cnc(C3CCCCN3)[nH]2)cs1. The van der Waals surface area contributed by atoms with Gasteiger partial charge in [0.15, 0.2) is 0 Å². The molecule has 0 aromatic carbocycles. The van der Waals surface area contributed by atoms with Crippen LogP contribution in [0.5, 0.6) is 0 Å². The van der Waals surface area contributed by atoms with Crippen LogP contribution < -0.4 is 5.32 Å². The van der Waals surface area contributed by atoms with Crippen molar-refractivity contribution in [2.24, 2.45) is 0 Å². The van der Waals surface area contributed by atoms with Gasteiger partial charge >= 0.3 is 0 Å². The first-order valence-corrected chi connectivity index (χ1v) is 6.68. The molecule has 1 aliphatic rings. The number of thiophene rings is 1. The van der Waals surface area contributed by atoms with Crippen LogP contribution in [0, 0.1) is 0 Å². The van der Waals surface area contributed by atoms with Crippen molar-refractivity contribution in [1.82, 2.24) is 15.3 Å². The monoisotopic (exact) mass is 233 g/mol. The quantitative estimate of drug-likeness (QED) is 0.837. The minimum atomic E-state index is 0.418. The highest BCUT2D eigenvalue weighted by atomic mass is 32.1. The fraction of sp³-hybridized carbons (Fsp3) is 0.417. The molecule has 2 aromatic heterocycles. The number of H-pyrrole nitrogens is 1. The van der Waals surface area contributed by atoms with E-state index in [0.29, 0.717) is 6.04 Å². The van der Waals surface area contributed by atoms with E-state index in [1.807, 2.05) is 6.20 Å². The number of hydrogen-bond donors (Lipinski definition) is 2. The van der Waals surface area contributed by atoms with E-state index in [2.05, 4.69) is 32.1 Å². The molecule has 2 aromatic rings. The molecule has 0 spiro atoms. The Kier molecular flexibility index (Phi) is 2.76. The first-order chi connectivity index (χ1) is 7.93. The van der Waals surface area contributed by atoms with Gasteiger partial charge < -0.3 is 10.3 Å². The number of rotatable bonds is 2. The minimum absolute atomic E-state index is 0.418. The van der Waals surface area contributed by atoms with E-state index in [9.17, 15) is 0 Å². The molecule has 1 saturated heterocycles. The molecule has 4 heteroatoms. The smallest absolute Gasteiger partial charge is 0.123 e. The molecule has 3 nitrogen and oxygen atoms in total. The number of aromatic amines is 1. The molecule has 1 unspecified atom stereocenters. The van der Waals surface area contributed by atoms with E-state index < -0.39 is 0 Å². The van der Waals surface area contributed by atoms with Gasteiger partial charge in [-0.15, -0.1) is 0 Å². The molecule has 1 fully saturated rings. The van der Waals surface area contributed by atoms with Crippen molar-refractivity contribution in [3.63, 3.8) is 0 Å². The van der Waals surface area contributed by atoms with E-state index >= 15 is 0 Å². The maximum Gasteiger partial charge on any atom is 0.123 e. The summed E-state index contributed by atoms with van der Waals surface area (Å²) in [6.07, 6.45) is 5.71. The highest BCUT2D eigenvalue weighted by Crippen LogP contribution is 2.24. The molecule has 0 aliphatic carbocycles. The Morgan fingerprint density at radius 1 is 1.38 bits per heavy atom. The summed E-state index contributed by atoms with van der Waals surface area (Å²) in [6, 6.07) is 2.54. The summed E-state index contributed by atoms with van der Waals surface area (Å²) < 4.78 is 0. The van der Waals surface area contributed by atoms with Crippen LogP contribution in [0.15, 0.2) is 23.0 Å². The zero-order chi connectivity index (χ0) is 10.8. The maximum absolute atomic E-state index is 4.48. The Morgan fingerprint density at radius 2 is 2.38 bits per heavy atom. The van der Waals surface area contributed by atoms with Gasteiger partial charge in [0.1, 0.15) is 5.82 Å². The molecule has 0 bridgehead atoms. The lowest BCUT2D eigenvalue weighted by Gasteiger charge is -2.21. The Morgan fingerprint density at radius 3 is 3.12 bits per heavy atom. The zero-order valence-electron chi connectivity index (χ0n) is 9.07. The summed E-state index contributed by atoms with van der Waals surface area (Å²) in [7, 11) is 0. The molecule has 2 N–H and O–H groups in total. The highest BCUT2D eigenvalue weighted by molar-refractivity contribution is 7.08. The first-order valence-electron chi connectivity index (χ1n) is 5.74. The fourth-order valence-electron chi connectivity index (χ4n) is 2.16. The molecule has 1 atom stereocenters. The van der Waals surface area contributed by atoms with Gasteiger partial charge in [-0.25, -0.2) is 4.98 Å². The Labute approximate surface area is 98.9 Å². The molecular formula is C12H15N3S. The van der Waals surface area contributed by atoms with Crippen LogP contribution in [-0.4, -0.2) is 16.5 Å². The van der Waals surface area contributed by atoms with E-state index in [1.54, 1.807) is 11.3 Å². The number of aromatic nitrogens is 2. The van der Waals surface area contributed by atoms with Crippen molar-refractivity contribution < 1.29 is 0 Å². The molecular weight excluding hydrogens is 218 g/mol. The Balaban J connectivity index is 1.82. The molecule has 0 radical (unpaired) electrons. The van der Waals surface area contributed by atoms with Gasteiger partial charge in [0.25, 0.3) is 0 Å². The molecule has 0 saturated carbocycles. The summed E-state index contributed by atoms with van der Waals surface area (Å²) >= 11 is 1.72. The van der Waals surface area contributed by atoms with Crippen LogP contribution in [0.3, 0.4) is 0 Å². The van der Waals surface area contributed by atoms with Gasteiger partial charge in [-0.1, -0.05) is 6.42 Å². The lowest BCUT2D eigenvalue weighted by molar-refractivity contribution is 0.399. The second-order valence-corrected chi connectivity index (χ2v) is 4.98. The molecule has 84 valence electrons. The third-order valence-corrected chi connectivity index (χ3v) is 3.75. The second-order valence-electron chi connectivity index (χ2n) is 4.20. The summed E-state index contributed by atoms with van der Waals surface area (Å²) in [4.78, 5) is 7.90. The number of imidazole rings is 1. The average Bonchev–Trinajstić information content (AvgIpc) is 3.01. The Bertz CT molecular complexity index is 441. The summed E-state index contributed by atoms with van der Waals surface area (Å²) in [6.45, 7) is 1.11. The first kappa shape index (κ1) is 10.1. The van der Waals surface area contributed by atoms with Crippen LogP contribution in [0.25, 0.3) is 11.3 Å². The van der Waals surface area contributed by atoms with Gasteiger partial charge in [0.05, 0.1) is 17.9 Å². The zero-order valence-corrected chi connectivity index (χ0v) is 9.89. The third kappa shape index (κ3) is 1.90. The van der Waals surface area contributed by atoms with Crippen molar-refractivity contribution in [1.29, 1.82) is 0 Å². The van der Waals surface area contributed by atoms with E-state index in [0.717, 1.165) is 18.1 Å². The van der Waals surface area contributed by atoms with Crippen LogP contribution >= 0.6 is 11.3 Å². The molecule has 3 rings (SSSR count). The van der Waals surface area contributed by atoms with E-state index in [-0.39, 0.29) is 0 Å². The lowest BCUT2D eigenvalue weighted by Crippen LogP contribution is -2.27. The molecule has 16 heavy (non-hydrogen) atoms. The van der Waals surface area contributed by atoms with Gasteiger partial charge in [0, 0.05) is 10.9 Å². The van der Waals surface area contributed by atoms with Gasteiger partial charge in [-0.3, -0.25) is 0 Å². The average molecular weight is 233 g/mol. The van der Waals surface area contributed by atoms with E-state index in [4.69, 9.17) is 0 Å². The fourth-order valence-corrected chi connectivity index (χ4v) is 2.82. The highest BCUT2D eigenvalue weighted by Gasteiger charge is 2.17. The van der Waals surface area contributed by atoms with Gasteiger partial charge in [0.2, 0.25) is 0 Å². The van der Waals surface area contributed by atoms with Crippen molar-refractivity contribution in [2.45, 2.75) is 25.3 Å². The van der Waals surface area contributed by atoms with Crippen molar-refractivity contribution >= 4 is 11.3 Å². The predicted octanol–water partition coefficient (Wildman–Crippen LogP) is 2.95. The van der Waals surface area contributed by atoms with Crippen molar-refractivity contribution in [3.05, 3.63) is 28.8 Å². The minimum Gasteiger partial charge on any atom is -0.341 e. The third-order valence-electron chi connectivity index (χ3n) is 3.07. The second kappa shape index (κ2) is 4.39. The largest absolute Gasteiger partial charge is 0.341 e. The molecule has 3 heterocycles. The van der Waals surface area contributed by atoms with E-state index in [1.165, 1.54) is 24.8 Å². The topological polar surface area (TPSA) is 40.7 Å². The van der Waals surface area contributed by atoms with Gasteiger partial charge in [-0.2, -0.15) is 11.3 Å². The predicted molar refractivity (Wildman–Crippen MR) is 66.5 cm³/mol. The Hall–Kier alpha value is -1.13. The molecule has 1 aliphatic heterocycles. The lowest BCUT2D eigenvalue weighted by atomic mass is 10.0. The summed E-state index contributed by atoms with van der Waals surface area (Å²) in [5.74, 6) is 1.08. The van der Waals surface area contributed by atoms with Crippen molar-refractivity contribution in [2.75, 3.05) is 6.54 Å². The number of hydrogen-bond acceptors (Lipinski definition) is 3. The molecule has 0 amide bonds. The standard InChI is InChI=1S/C12H15N3S/c1-2-5-13-10(3-1)12-14-7-11(15-12)9-4-6-16-8-9/h4,6-8,10,13H,1-3,5H2,(H,14,15). The summed E-state index contributed by atoms with van der Waals surface area (Å²) in [5, 5.41) is 7.74. The normalized spacial score (nSPS) is 21.1. The number of nitrogens with one attached hydrogen (secondary N) is 2. The number of piperidine rings is 1. The van der Waals surface area contributed by atoms with Crippen LogP contribution in [-0.2, 0) is 0 Å². The van der Waals surface area contributed by atoms with Crippen LogP contribution in [0.2, 0.25) is 0 Å². The number of nitrogens with zero attached hydrogens (tertiary/aromatic N) is 1.